The Balaban J connectivity index is 2.96. The minimum atomic E-state index is -0.848. The molecular weight excluding hydrogens is 261 g/mol. The van der Waals surface area contributed by atoms with Crippen LogP contribution in [-0.4, -0.2) is 45.6 Å². The minimum absolute atomic E-state index is 0.334. The lowest BCUT2D eigenvalue weighted by molar-refractivity contribution is 0.188. The maximum Gasteiger partial charge on any atom is 0.131 e. The molecule has 0 fully saturated rings. The van der Waals surface area contributed by atoms with E-state index in [0.29, 0.717) is 31.0 Å². The first-order valence-electron chi connectivity index (χ1n) is 6.81. The molecule has 1 unspecified atom stereocenters. The Morgan fingerprint density at radius 3 is 2.50 bits per heavy atom. The topological polar surface area (TPSA) is 41.9 Å². The zero-order valence-corrected chi connectivity index (χ0v) is 12.4. The lowest BCUT2D eigenvalue weighted by atomic mass is 10.1. The maximum atomic E-state index is 13.9. The van der Waals surface area contributed by atoms with Crippen molar-refractivity contribution in [3.05, 3.63) is 29.6 Å². The fourth-order valence-electron chi connectivity index (χ4n) is 2.17. The van der Waals surface area contributed by atoms with E-state index in [1.165, 1.54) is 6.07 Å². The van der Waals surface area contributed by atoms with Crippen LogP contribution in [0.25, 0.3) is 0 Å². The molecule has 5 heteroatoms. The summed E-state index contributed by atoms with van der Waals surface area (Å²) < 4.78 is 24.1. The second-order valence-corrected chi connectivity index (χ2v) is 4.67. The van der Waals surface area contributed by atoms with Crippen molar-refractivity contribution >= 4 is 5.69 Å². The molecule has 114 valence electrons. The van der Waals surface area contributed by atoms with Gasteiger partial charge in [-0.1, -0.05) is 6.07 Å². The van der Waals surface area contributed by atoms with Gasteiger partial charge in [-0.15, -0.1) is 0 Å². The number of hydrogen-bond acceptors (Lipinski definition) is 4. The normalized spacial score (nSPS) is 12.4. The van der Waals surface area contributed by atoms with Crippen molar-refractivity contribution in [3.8, 4) is 0 Å². The number of anilines is 1. The van der Waals surface area contributed by atoms with Gasteiger partial charge in [-0.05, 0) is 25.5 Å². The number of rotatable bonds is 9. The van der Waals surface area contributed by atoms with Crippen molar-refractivity contribution in [2.45, 2.75) is 19.4 Å². The van der Waals surface area contributed by atoms with Crippen molar-refractivity contribution in [1.29, 1.82) is 0 Å². The fourth-order valence-corrected chi connectivity index (χ4v) is 2.17. The summed E-state index contributed by atoms with van der Waals surface area (Å²) in [7, 11) is 3.29. The van der Waals surface area contributed by atoms with Crippen molar-refractivity contribution < 1.29 is 19.0 Å². The van der Waals surface area contributed by atoms with Gasteiger partial charge in [-0.25, -0.2) is 4.39 Å². The Kier molecular flexibility index (Phi) is 7.51. The summed E-state index contributed by atoms with van der Waals surface area (Å²) in [5.41, 5.74) is 1.05. The lowest BCUT2D eigenvalue weighted by Crippen LogP contribution is -2.30. The van der Waals surface area contributed by atoms with Crippen LogP contribution in [0, 0.1) is 5.82 Å². The van der Waals surface area contributed by atoms with Crippen molar-refractivity contribution in [1.82, 2.24) is 0 Å². The van der Waals surface area contributed by atoms with E-state index in [4.69, 9.17) is 9.47 Å². The van der Waals surface area contributed by atoms with Gasteiger partial charge < -0.3 is 19.5 Å². The highest BCUT2D eigenvalue weighted by Gasteiger charge is 2.18. The van der Waals surface area contributed by atoms with E-state index in [1.54, 1.807) is 27.2 Å². The van der Waals surface area contributed by atoms with Crippen LogP contribution in [0.1, 0.15) is 25.0 Å². The molecular formula is C15H24FNO3. The Morgan fingerprint density at radius 1 is 1.20 bits per heavy atom. The van der Waals surface area contributed by atoms with E-state index in [1.807, 2.05) is 11.0 Å². The summed E-state index contributed by atoms with van der Waals surface area (Å²) in [6, 6.07) is 4.86. The van der Waals surface area contributed by atoms with Crippen LogP contribution >= 0.6 is 0 Å². The van der Waals surface area contributed by atoms with Crippen LogP contribution < -0.4 is 4.90 Å². The van der Waals surface area contributed by atoms with Gasteiger partial charge in [0, 0.05) is 45.2 Å². The third-order valence-corrected chi connectivity index (χ3v) is 3.13. The van der Waals surface area contributed by atoms with Crippen LogP contribution in [-0.2, 0) is 9.47 Å². The molecule has 0 aliphatic rings. The van der Waals surface area contributed by atoms with Gasteiger partial charge in [0.25, 0.3) is 0 Å². The summed E-state index contributed by atoms with van der Waals surface area (Å²) in [6.07, 6.45) is -0.0191. The van der Waals surface area contributed by atoms with Crippen LogP contribution in [0.2, 0.25) is 0 Å². The number of benzene rings is 1. The summed E-state index contributed by atoms with van der Waals surface area (Å²) in [4.78, 5) is 2.02. The molecule has 1 N–H and O–H groups in total. The van der Waals surface area contributed by atoms with Crippen molar-refractivity contribution in [3.63, 3.8) is 0 Å². The third kappa shape index (κ3) is 4.74. The Labute approximate surface area is 120 Å². The van der Waals surface area contributed by atoms with Crippen LogP contribution in [0.15, 0.2) is 18.2 Å². The van der Waals surface area contributed by atoms with Gasteiger partial charge in [-0.3, -0.25) is 0 Å². The highest BCUT2D eigenvalue weighted by atomic mass is 19.1. The van der Waals surface area contributed by atoms with Crippen molar-refractivity contribution in [2.75, 3.05) is 45.4 Å². The maximum absolute atomic E-state index is 13.9. The van der Waals surface area contributed by atoms with Gasteiger partial charge in [0.05, 0.1) is 12.7 Å². The second kappa shape index (κ2) is 8.89. The largest absolute Gasteiger partial charge is 0.389 e. The van der Waals surface area contributed by atoms with E-state index in [2.05, 4.69) is 0 Å². The number of aliphatic hydroxyl groups excluding tert-OH is 1. The summed E-state index contributed by atoms with van der Waals surface area (Å²) in [5, 5.41) is 9.81. The average Bonchev–Trinajstić information content (AvgIpc) is 2.42. The average molecular weight is 285 g/mol. The molecule has 0 aliphatic heterocycles. The van der Waals surface area contributed by atoms with Crippen LogP contribution in [0.3, 0.4) is 0 Å². The molecule has 1 aromatic carbocycles. The van der Waals surface area contributed by atoms with E-state index < -0.39 is 6.10 Å². The molecule has 1 rings (SSSR count). The number of methoxy groups -OCH3 is 2. The lowest BCUT2D eigenvalue weighted by Gasteiger charge is -2.28. The fraction of sp³-hybridized carbons (Fsp3) is 0.600. The molecule has 0 saturated heterocycles. The molecule has 0 aromatic heterocycles. The van der Waals surface area contributed by atoms with Gasteiger partial charge in [0.1, 0.15) is 5.82 Å². The molecule has 0 radical (unpaired) electrons. The smallest absolute Gasteiger partial charge is 0.131 e. The summed E-state index contributed by atoms with van der Waals surface area (Å²) in [5.74, 6) is -0.383. The highest BCUT2D eigenvalue weighted by Crippen LogP contribution is 2.29. The second-order valence-electron chi connectivity index (χ2n) is 4.67. The first-order chi connectivity index (χ1) is 9.61. The third-order valence-electron chi connectivity index (χ3n) is 3.13. The minimum Gasteiger partial charge on any atom is -0.389 e. The van der Waals surface area contributed by atoms with E-state index in [9.17, 15) is 9.50 Å². The molecule has 0 spiro atoms. The van der Waals surface area contributed by atoms with Crippen molar-refractivity contribution in [2.24, 2.45) is 0 Å². The number of nitrogens with zero attached hydrogens (tertiary/aromatic N) is 1. The Morgan fingerprint density at radius 2 is 1.90 bits per heavy atom. The molecule has 4 nitrogen and oxygen atoms in total. The van der Waals surface area contributed by atoms with Gasteiger partial charge in [-0.2, -0.15) is 0 Å². The first-order valence-corrected chi connectivity index (χ1v) is 6.81. The SMILES string of the molecule is COCCCN(CCOC)c1cccc(F)c1C(C)O. The molecule has 0 saturated carbocycles. The van der Waals surface area contributed by atoms with Crippen LogP contribution in [0.4, 0.5) is 10.1 Å². The van der Waals surface area contributed by atoms with E-state index >= 15 is 0 Å². The van der Waals surface area contributed by atoms with Crippen LogP contribution in [0.5, 0.6) is 0 Å². The predicted octanol–water partition coefficient (Wildman–Crippen LogP) is 2.37. The predicted molar refractivity (Wildman–Crippen MR) is 77.6 cm³/mol. The van der Waals surface area contributed by atoms with E-state index in [-0.39, 0.29) is 5.82 Å². The molecule has 1 aromatic rings. The van der Waals surface area contributed by atoms with Gasteiger partial charge >= 0.3 is 0 Å². The molecule has 20 heavy (non-hydrogen) atoms. The summed E-state index contributed by atoms with van der Waals surface area (Å²) in [6.45, 7) is 4.13. The molecule has 0 bridgehead atoms. The number of halogens is 1. The number of ether oxygens (including phenoxy) is 2. The highest BCUT2D eigenvalue weighted by molar-refractivity contribution is 5.55. The zero-order valence-electron chi connectivity index (χ0n) is 12.4. The standard InChI is InChI=1S/C15H24FNO3/c1-12(18)15-13(16)6-4-7-14(15)17(9-11-20-3)8-5-10-19-2/h4,6-7,12,18H,5,8-11H2,1-3H3. The zero-order chi connectivity index (χ0) is 15.0. The van der Waals surface area contributed by atoms with E-state index in [0.717, 1.165) is 13.0 Å². The van der Waals surface area contributed by atoms with Gasteiger partial charge in [0.2, 0.25) is 0 Å². The molecule has 0 heterocycles. The number of aliphatic hydroxyl groups is 1. The monoisotopic (exact) mass is 285 g/mol. The quantitative estimate of drug-likeness (QED) is 0.707. The first kappa shape index (κ1) is 16.9. The molecule has 0 amide bonds. The Bertz CT molecular complexity index is 399. The molecule has 1 atom stereocenters. The molecule has 0 aliphatic carbocycles. The van der Waals surface area contributed by atoms with Gasteiger partial charge in [0.15, 0.2) is 0 Å². The Hall–Kier alpha value is -1.17. The number of hydrogen-bond donors (Lipinski definition) is 1. The summed E-state index contributed by atoms with van der Waals surface area (Å²) >= 11 is 0.